The first kappa shape index (κ1) is 13.7. The van der Waals surface area contributed by atoms with Gasteiger partial charge in [-0.2, -0.15) is 0 Å². The van der Waals surface area contributed by atoms with Crippen molar-refractivity contribution in [2.75, 3.05) is 32.2 Å². The van der Waals surface area contributed by atoms with Crippen molar-refractivity contribution in [3.63, 3.8) is 0 Å². The standard InChI is InChI=1S/C14H18ClN3O2/c1-19-11-8-17(9-12(11)20-2)14-10(7-15)18-6-4-3-5-13(18)16-14/h3-6,11-12H,7-9H2,1-2H3. The Labute approximate surface area is 123 Å². The lowest BCUT2D eigenvalue weighted by Crippen LogP contribution is -2.27. The molecule has 0 radical (unpaired) electrons. The van der Waals surface area contributed by atoms with E-state index in [1.165, 1.54) is 0 Å². The van der Waals surface area contributed by atoms with Crippen molar-refractivity contribution in [2.24, 2.45) is 0 Å². The van der Waals surface area contributed by atoms with Crippen molar-refractivity contribution in [2.45, 2.75) is 18.1 Å². The number of ether oxygens (including phenoxy) is 2. The largest absolute Gasteiger partial charge is 0.377 e. The number of pyridine rings is 1. The Balaban J connectivity index is 1.98. The summed E-state index contributed by atoms with van der Waals surface area (Å²) in [6.07, 6.45) is 2.11. The Morgan fingerprint density at radius 2 is 1.95 bits per heavy atom. The Morgan fingerprint density at radius 3 is 2.55 bits per heavy atom. The number of alkyl halides is 1. The summed E-state index contributed by atoms with van der Waals surface area (Å²) in [6.45, 7) is 1.53. The second-order valence-corrected chi connectivity index (χ2v) is 5.17. The molecule has 0 bridgehead atoms. The number of hydrogen-bond donors (Lipinski definition) is 0. The van der Waals surface area contributed by atoms with Crippen LogP contribution in [0.4, 0.5) is 5.82 Å². The number of hydrogen-bond acceptors (Lipinski definition) is 4. The zero-order valence-electron chi connectivity index (χ0n) is 11.6. The molecule has 0 saturated carbocycles. The van der Waals surface area contributed by atoms with Gasteiger partial charge in [0.05, 0.1) is 11.6 Å². The normalized spacial score (nSPS) is 22.9. The summed E-state index contributed by atoms with van der Waals surface area (Å²) in [5, 5.41) is 0. The van der Waals surface area contributed by atoms with Gasteiger partial charge in [-0.3, -0.25) is 0 Å². The lowest BCUT2D eigenvalue weighted by atomic mass is 10.3. The van der Waals surface area contributed by atoms with E-state index in [1.54, 1.807) is 14.2 Å². The van der Waals surface area contributed by atoms with Crippen molar-refractivity contribution < 1.29 is 9.47 Å². The summed E-state index contributed by atoms with van der Waals surface area (Å²) in [6, 6.07) is 5.94. The molecule has 2 aromatic rings. The maximum absolute atomic E-state index is 6.12. The zero-order valence-corrected chi connectivity index (χ0v) is 12.4. The van der Waals surface area contributed by atoms with Crippen LogP contribution in [0.3, 0.4) is 0 Å². The fourth-order valence-corrected chi connectivity index (χ4v) is 3.03. The third-order valence-electron chi connectivity index (χ3n) is 3.85. The van der Waals surface area contributed by atoms with E-state index in [1.807, 2.05) is 28.8 Å². The van der Waals surface area contributed by atoms with Crippen molar-refractivity contribution in [3.8, 4) is 0 Å². The van der Waals surface area contributed by atoms with Gasteiger partial charge in [-0.1, -0.05) is 6.07 Å². The molecule has 1 aliphatic rings. The van der Waals surface area contributed by atoms with Gasteiger partial charge in [0.25, 0.3) is 0 Å². The van der Waals surface area contributed by atoms with Crippen LogP contribution in [0.5, 0.6) is 0 Å². The molecule has 0 amide bonds. The Bertz CT molecular complexity index is 589. The van der Waals surface area contributed by atoms with E-state index in [9.17, 15) is 0 Å². The number of anilines is 1. The van der Waals surface area contributed by atoms with Gasteiger partial charge in [0, 0.05) is 33.5 Å². The molecule has 6 heteroatoms. The van der Waals surface area contributed by atoms with Gasteiger partial charge in [0.15, 0.2) is 5.82 Å². The molecule has 108 valence electrons. The van der Waals surface area contributed by atoms with Gasteiger partial charge < -0.3 is 18.8 Å². The second kappa shape index (κ2) is 5.60. The van der Waals surface area contributed by atoms with Gasteiger partial charge in [-0.25, -0.2) is 4.98 Å². The fraction of sp³-hybridized carbons (Fsp3) is 0.500. The molecule has 5 nitrogen and oxygen atoms in total. The number of fused-ring (bicyclic) bond motifs is 1. The van der Waals surface area contributed by atoms with E-state index in [0.29, 0.717) is 5.88 Å². The summed E-state index contributed by atoms with van der Waals surface area (Å²) < 4.78 is 13.0. The SMILES string of the molecule is COC1CN(c2nc3ccccn3c2CCl)CC1OC. The van der Waals surface area contributed by atoms with Crippen LogP contribution in [0, 0.1) is 0 Å². The van der Waals surface area contributed by atoms with Gasteiger partial charge >= 0.3 is 0 Å². The molecule has 2 unspecified atom stereocenters. The molecule has 1 aliphatic heterocycles. The van der Waals surface area contributed by atoms with Crippen LogP contribution < -0.4 is 4.90 Å². The smallest absolute Gasteiger partial charge is 0.152 e. The van der Waals surface area contributed by atoms with Gasteiger partial charge in [-0.05, 0) is 12.1 Å². The molecule has 1 saturated heterocycles. The monoisotopic (exact) mass is 295 g/mol. The first-order valence-electron chi connectivity index (χ1n) is 6.61. The van der Waals surface area contributed by atoms with Crippen LogP contribution in [-0.4, -0.2) is 48.9 Å². The molecule has 20 heavy (non-hydrogen) atoms. The van der Waals surface area contributed by atoms with E-state index >= 15 is 0 Å². The number of nitrogens with zero attached hydrogens (tertiary/aromatic N) is 3. The summed E-state index contributed by atoms with van der Waals surface area (Å²) in [5.41, 5.74) is 1.92. The molecular weight excluding hydrogens is 278 g/mol. The molecule has 3 rings (SSSR count). The minimum atomic E-state index is 0.0630. The third-order valence-corrected chi connectivity index (χ3v) is 4.11. The second-order valence-electron chi connectivity index (χ2n) is 4.90. The molecule has 3 heterocycles. The average molecular weight is 296 g/mol. The van der Waals surface area contributed by atoms with Crippen LogP contribution in [0.15, 0.2) is 24.4 Å². The first-order valence-corrected chi connectivity index (χ1v) is 7.14. The summed E-state index contributed by atoms with van der Waals surface area (Å²) in [5.74, 6) is 1.35. The third kappa shape index (κ3) is 2.16. The molecule has 2 aromatic heterocycles. The first-order chi connectivity index (χ1) is 9.78. The highest BCUT2D eigenvalue weighted by Gasteiger charge is 2.35. The zero-order chi connectivity index (χ0) is 14.1. The molecule has 0 spiro atoms. The minimum Gasteiger partial charge on any atom is -0.377 e. The predicted molar refractivity (Wildman–Crippen MR) is 78.6 cm³/mol. The van der Waals surface area contributed by atoms with Crippen LogP contribution in [0.2, 0.25) is 0 Å². The summed E-state index contributed by atoms with van der Waals surface area (Å²) >= 11 is 6.12. The van der Waals surface area contributed by atoms with Gasteiger partial charge in [-0.15, -0.1) is 11.6 Å². The molecular formula is C14H18ClN3O2. The molecule has 0 aliphatic carbocycles. The van der Waals surface area contributed by atoms with Crippen molar-refractivity contribution in [3.05, 3.63) is 30.1 Å². The van der Waals surface area contributed by atoms with E-state index in [4.69, 9.17) is 26.1 Å². The van der Waals surface area contributed by atoms with Crippen LogP contribution in [-0.2, 0) is 15.4 Å². The van der Waals surface area contributed by atoms with E-state index in [0.717, 1.165) is 30.2 Å². The van der Waals surface area contributed by atoms with Crippen molar-refractivity contribution in [1.82, 2.24) is 9.38 Å². The summed E-state index contributed by atoms with van der Waals surface area (Å²) in [4.78, 5) is 6.88. The number of imidazole rings is 1. The highest BCUT2D eigenvalue weighted by Crippen LogP contribution is 2.28. The van der Waals surface area contributed by atoms with E-state index < -0.39 is 0 Å². The lowest BCUT2D eigenvalue weighted by molar-refractivity contribution is -0.00461. The van der Waals surface area contributed by atoms with E-state index in [-0.39, 0.29) is 12.2 Å². The molecule has 2 atom stereocenters. The number of methoxy groups -OCH3 is 2. The van der Waals surface area contributed by atoms with E-state index in [2.05, 4.69) is 4.90 Å². The predicted octanol–water partition coefficient (Wildman–Crippen LogP) is 1.92. The van der Waals surface area contributed by atoms with Crippen LogP contribution in [0.25, 0.3) is 5.65 Å². The topological polar surface area (TPSA) is 39.0 Å². The Hall–Kier alpha value is -1.30. The molecule has 0 N–H and O–H groups in total. The highest BCUT2D eigenvalue weighted by molar-refractivity contribution is 6.17. The quantitative estimate of drug-likeness (QED) is 0.808. The van der Waals surface area contributed by atoms with Crippen molar-refractivity contribution in [1.29, 1.82) is 0 Å². The maximum Gasteiger partial charge on any atom is 0.152 e. The summed E-state index contributed by atoms with van der Waals surface area (Å²) in [7, 11) is 3.43. The lowest BCUT2D eigenvalue weighted by Gasteiger charge is -2.16. The van der Waals surface area contributed by atoms with Crippen LogP contribution >= 0.6 is 11.6 Å². The average Bonchev–Trinajstić information content (AvgIpc) is 3.07. The fourth-order valence-electron chi connectivity index (χ4n) is 2.78. The number of rotatable bonds is 4. The Kier molecular flexibility index (Phi) is 3.83. The highest BCUT2D eigenvalue weighted by atomic mass is 35.5. The molecule has 1 fully saturated rings. The van der Waals surface area contributed by atoms with Crippen LogP contribution in [0.1, 0.15) is 5.69 Å². The number of aromatic nitrogens is 2. The Morgan fingerprint density at radius 1 is 1.25 bits per heavy atom. The van der Waals surface area contributed by atoms with Gasteiger partial charge in [0.2, 0.25) is 0 Å². The van der Waals surface area contributed by atoms with Crippen molar-refractivity contribution >= 4 is 23.1 Å². The number of halogens is 1. The van der Waals surface area contributed by atoms with Gasteiger partial charge in [0.1, 0.15) is 17.9 Å². The minimum absolute atomic E-state index is 0.0630. The molecule has 0 aromatic carbocycles. The maximum atomic E-state index is 6.12.